The zero-order valence-electron chi connectivity index (χ0n) is 11.9. The van der Waals surface area contributed by atoms with E-state index in [1.165, 1.54) is 6.42 Å². The smallest absolute Gasteiger partial charge is 0.240 e. The topological polar surface area (TPSA) is 58.4 Å². The van der Waals surface area contributed by atoms with Gasteiger partial charge in [-0.05, 0) is 38.0 Å². The summed E-state index contributed by atoms with van der Waals surface area (Å²) in [7, 11) is 0. The Hall–Kier alpha value is -0.610. The average molecular weight is 253 g/mol. The third kappa shape index (κ3) is 3.45. The van der Waals surface area contributed by atoms with Crippen LogP contribution in [0.5, 0.6) is 0 Å². The first-order chi connectivity index (χ1) is 8.39. The van der Waals surface area contributed by atoms with Gasteiger partial charge in [-0.25, -0.2) is 0 Å². The summed E-state index contributed by atoms with van der Waals surface area (Å²) < 4.78 is 0. The van der Waals surface area contributed by atoms with E-state index in [1.54, 1.807) is 0 Å². The monoisotopic (exact) mass is 253 g/mol. The molecular weight excluding hydrogens is 226 g/mol. The molecule has 0 radical (unpaired) electrons. The largest absolute Gasteiger partial charge is 0.351 e. The molecule has 4 nitrogen and oxygen atoms in total. The van der Waals surface area contributed by atoms with E-state index in [2.05, 4.69) is 31.0 Å². The number of nitrogens with two attached hydrogens (primary N) is 1. The maximum Gasteiger partial charge on any atom is 0.240 e. The predicted molar refractivity (Wildman–Crippen MR) is 73.1 cm³/mol. The molecule has 2 rings (SSSR count). The highest BCUT2D eigenvalue weighted by atomic mass is 16.2. The van der Waals surface area contributed by atoms with Crippen molar-refractivity contribution in [2.24, 2.45) is 17.6 Å². The van der Waals surface area contributed by atoms with Gasteiger partial charge < -0.3 is 16.0 Å². The first kappa shape index (κ1) is 13.8. The van der Waals surface area contributed by atoms with E-state index in [-0.39, 0.29) is 11.9 Å². The van der Waals surface area contributed by atoms with Crippen LogP contribution in [0.4, 0.5) is 0 Å². The molecule has 104 valence electrons. The number of amides is 1. The Kier molecular flexibility index (Phi) is 3.97. The molecule has 1 aliphatic heterocycles. The van der Waals surface area contributed by atoms with Crippen molar-refractivity contribution in [1.82, 2.24) is 10.2 Å². The second kappa shape index (κ2) is 5.17. The van der Waals surface area contributed by atoms with Gasteiger partial charge in [0.05, 0.1) is 5.54 Å². The highest BCUT2D eigenvalue weighted by molar-refractivity contribution is 5.89. The second-order valence-electron chi connectivity index (χ2n) is 6.70. The average Bonchev–Trinajstić information content (AvgIpc) is 2.95. The SMILES string of the molecule is CC1CC(C)CN(CC(C)NC(=O)C2(N)CC2)C1. The number of carbonyl (C=O) groups is 1. The number of nitrogens with zero attached hydrogens (tertiary/aromatic N) is 1. The molecule has 1 amide bonds. The number of hydrogen-bond acceptors (Lipinski definition) is 3. The summed E-state index contributed by atoms with van der Waals surface area (Å²) in [6, 6.07) is 0.191. The van der Waals surface area contributed by atoms with Gasteiger partial charge in [0.15, 0.2) is 0 Å². The lowest BCUT2D eigenvalue weighted by atomic mass is 9.92. The molecule has 1 aliphatic carbocycles. The van der Waals surface area contributed by atoms with Crippen molar-refractivity contribution in [3.63, 3.8) is 0 Å². The van der Waals surface area contributed by atoms with Crippen LogP contribution in [0.15, 0.2) is 0 Å². The van der Waals surface area contributed by atoms with Crippen LogP contribution in [-0.4, -0.2) is 42.0 Å². The summed E-state index contributed by atoms with van der Waals surface area (Å²) in [4.78, 5) is 14.3. The molecule has 0 spiro atoms. The van der Waals surface area contributed by atoms with Crippen LogP contribution in [0, 0.1) is 11.8 Å². The molecular formula is C14H27N3O. The van der Waals surface area contributed by atoms with Crippen LogP contribution in [0.3, 0.4) is 0 Å². The summed E-state index contributed by atoms with van der Waals surface area (Å²) >= 11 is 0. The molecule has 0 bridgehead atoms. The Morgan fingerprint density at radius 3 is 2.44 bits per heavy atom. The van der Waals surface area contributed by atoms with Crippen LogP contribution < -0.4 is 11.1 Å². The maximum absolute atomic E-state index is 11.9. The molecule has 0 aromatic heterocycles. The number of carbonyl (C=O) groups excluding carboxylic acids is 1. The van der Waals surface area contributed by atoms with Gasteiger partial charge in [-0.1, -0.05) is 13.8 Å². The Morgan fingerprint density at radius 2 is 1.94 bits per heavy atom. The molecule has 2 aliphatic rings. The van der Waals surface area contributed by atoms with E-state index >= 15 is 0 Å². The van der Waals surface area contributed by atoms with Gasteiger partial charge in [-0.3, -0.25) is 4.79 Å². The lowest BCUT2D eigenvalue weighted by Gasteiger charge is -2.36. The molecule has 1 saturated heterocycles. The Bertz CT molecular complexity index is 304. The van der Waals surface area contributed by atoms with Gasteiger partial charge in [0, 0.05) is 25.7 Å². The number of hydrogen-bond donors (Lipinski definition) is 2. The Morgan fingerprint density at radius 1 is 1.39 bits per heavy atom. The number of nitrogens with one attached hydrogen (secondary N) is 1. The summed E-state index contributed by atoms with van der Waals surface area (Å²) in [6.07, 6.45) is 3.00. The van der Waals surface area contributed by atoms with Gasteiger partial charge in [-0.2, -0.15) is 0 Å². The fraction of sp³-hybridized carbons (Fsp3) is 0.929. The number of likely N-dealkylation sites (tertiary alicyclic amines) is 1. The van der Waals surface area contributed by atoms with E-state index in [0.717, 1.165) is 44.3 Å². The van der Waals surface area contributed by atoms with Crippen molar-refractivity contribution in [2.75, 3.05) is 19.6 Å². The minimum Gasteiger partial charge on any atom is -0.351 e. The predicted octanol–water partition coefficient (Wildman–Crippen LogP) is 0.960. The van der Waals surface area contributed by atoms with Crippen molar-refractivity contribution < 1.29 is 4.79 Å². The van der Waals surface area contributed by atoms with Gasteiger partial charge in [-0.15, -0.1) is 0 Å². The fourth-order valence-corrected chi connectivity index (χ4v) is 3.10. The molecule has 0 aromatic rings. The van der Waals surface area contributed by atoms with Gasteiger partial charge in [0.1, 0.15) is 0 Å². The summed E-state index contributed by atoms with van der Waals surface area (Å²) in [5.41, 5.74) is 5.35. The van der Waals surface area contributed by atoms with E-state index in [4.69, 9.17) is 5.73 Å². The van der Waals surface area contributed by atoms with Crippen LogP contribution in [0.2, 0.25) is 0 Å². The lowest BCUT2D eigenvalue weighted by molar-refractivity contribution is -0.124. The Labute approximate surface area is 110 Å². The van der Waals surface area contributed by atoms with Crippen molar-refractivity contribution in [1.29, 1.82) is 0 Å². The van der Waals surface area contributed by atoms with Crippen LogP contribution in [-0.2, 0) is 4.79 Å². The molecule has 1 heterocycles. The highest BCUT2D eigenvalue weighted by Crippen LogP contribution is 2.32. The molecule has 4 heteroatoms. The first-order valence-electron chi connectivity index (χ1n) is 7.21. The maximum atomic E-state index is 11.9. The lowest BCUT2D eigenvalue weighted by Crippen LogP contribution is -2.51. The molecule has 3 unspecified atom stereocenters. The summed E-state index contributed by atoms with van der Waals surface area (Å²) in [5.74, 6) is 1.56. The minimum atomic E-state index is -0.545. The van der Waals surface area contributed by atoms with Crippen molar-refractivity contribution >= 4 is 5.91 Å². The van der Waals surface area contributed by atoms with Crippen LogP contribution in [0.25, 0.3) is 0 Å². The molecule has 18 heavy (non-hydrogen) atoms. The number of rotatable bonds is 4. The molecule has 2 fully saturated rings. The third-order valence-corrected chi connectivity index (χ3v) is 4.09. The molecule has 3 atom stereocenters. The zero-order valence-corrected chi connectivity index (χ0v) is 11.9. The fourth-order valence-electron chi connectivity index (χ4n) is 3.10. The third-order valence-electron chi connectivity index (χ3n) is 4.09. The van der Waals surface area contributed by atoms with E-state index in [1.807, 2.05) is 0 Å². The normalized spacial score (nSPS) is 32.9. The molecule has 3 N–H and O–H groups in total. The first-order valence-corrected chi connectivity index (χ1v) is 7.21. The molecule has 1 saturated carbocycles. The second-order valence-corrected chi connectivity index (χ2v) is 6.70. The van der Waals surface area contributed by atoms with Gasteiger partial charge >= 0.3 is 0 Å². The van der Waals surface area contributed by atoms with E-state index < -0.39 is 5.54 Å². The van der Waals surface area contributed by atoms with Crippen molar-refractivity contribution in [3.05, 3.63) is 0 Å². The van der Waals surface area contributed by atoms with Gasteiger partial charge in [0.2, 0.25) is 5.91 Å². The molecule has 0 aromatic carbocycles. The van der Waals surface area contributed by atoms with Crippen LogP contribution >= 0.6 is 0 Å². The minimum absolute atomic E-state index is 0.0353. The zero-order chi connectivity index (χ0) is 13.3. The Balaban J connectivity index is 1.76. The highest BCUT2D eigenvalue weighted by Gasteiger charge is 2.46. The van der Waals surface area contributed by atoms with E-state index in [0.29, 0.717) is 0 Å². The van der Waals surface area contributed by atoms with Crippen molar-refractivity contribution in [2.45, 2.75) is 51.6 Å². The summed E-state index contributed by atoms with van der Waals surface area (Å²) in [5, 5.41) is 3.05. The van der Waals surface area contributed by atoms with E-state index in [9.17, 15) is 4.79 Å². The number of piperidine rings is 1. The summed E-state index contributed by atoms with van der Waals surface area (Å²) in [6.45, 7) is 9.94. The van der Waals surface area contributed by atoms with Gasteiger partial charge in [0.25, 0.3) is 0 Å². The standard InChI is InChI=1S/C14H27N3O/c1-10-6-11(2)8-17(7-10)9-12(3)16-13(18)14(15)4-5-14/h10-12H,4-9,15H2,1-3H3,(H,16,18). The van der Waals surface area contributed by atoms with Crippen molar-refractivity contribution in [3.8, 4) is 0 Å². The van der Waals surface area contributed by atoms with Crippen LogP contribution in [0.1, 0.15) is 40.0 Å². The quantitative estimate of drug-likeness (QED) is 0.784.